The fourth-order valence-electron chi connectivity index (χ4n) is 6.60. The molecule has 0 aliphatic carbocycles. The van der Waals surface area contributed by atoms with Crippen LogP contribution in [-0.4, -0.2) is 0 Å². The number of aryl methyl sites for hydroxylation is 4. The van der Waals surface area contributed by atoms with Gasteiger partial charge in [0.1, 0.15) is 0 Å². The smallest absolute Gasteiger partial charge is 0.0175 e. The van der Waals surface area contributed by atoms with E-state index in [1.54, 1.807) is 0 Å². The topological polar surface area (TPSA) is 0 Å². The van der Waals surface area contributed by atoms with Crippen molar-refractivity contribution in [3.63, 3.8) is 0 Å². The highest BCUT2D eigenvalue weighted by Gasteiger charge is 2.29. The molecule has 0 heterocycles. The Morgan fingerprint density at radius 2 is 0.375 bits per heavy atom. The first kappa shape index (κ1) is 32.1. The van der Waals surface area contributed by atoms with Crippen LogP contribution in [0.3, 0.4) is 0 Å². The molecule has 234 valence electrons. The summed E-state index contributed by atoms with van der Waals surface area (Å²) < 4.78 is 2.12. The van der Waals surface area contributed by atoms with Crippen molar-refractivity contribution in [3.8, 4) is 66.8 Å². The van der Waals surface area contributed by atoms with E-state index in [9.17, 15) is 0 Å². The first-order valence-corrected chi connectivity index (χ1v) is 17.9. The highest BCUT2D eigenvalue weighted by molar-refractivity contribution is 9.10. The van der Waals surface area contributed by atoms with Gasteiger partial charge in [0.25, 0.3) is 0 Å². The molecule has 0 unspecified atom stereocenters. The van der Waals surface area contributed by atoms with E-state index >= 15 is 0 Å². The average molecular weight is 749 g/mol. The second kappa shape index (κ2) is 13.5. The largest absolute Gasteiger partial charge is 0.0587 e. The summed E-state index contributed by atoms with van der Waals surface area (Å²) in [6.07, 6.45) is 0. The summed E-state index contributed by atoms with van der Waals surface area (Å²) >= 11 is 7.44. The lowest BCUT2D eigenvalue weighted by molar-refractivity contribution is 1.43. The predicted octanol–water partition coefficient (Wildman–Crippen LogP) is 14.4. The van der Waals surface area contributed by atoms with Crippen LogP contribution in [-0.2, 0) is 0 Å². The highest BCUT2D eigenvalue weighted by atomic mass is 79.9. The molecule has 0 bridgehead atoms. The Labute approximate surface area is 301 Å². The Kier molecular flexibility index (Phi) is 9.05. The summed E-state index contributed by atoms with van der Waals surface area (Å²) in [5.74, 6) is 0. The molecule has 0 spiro atoms. The molecule has 2 heteroatoms. The van der Waals surface area contributed by atoms with Crippen LogP contribution in [0.2, 0.25) is 0 Å². The van der Waals surface area contributed by atoms with E-state index < -0.39 is 0 Å². The molecule has 0 nitrogen and oxygen atoms in total. The fraction of sp³-hybridized carbons (Fsp3) is 0.0870. The zero-order valence-corrected chi connectivity index (χ0v) is 30.8. The van der Waals surface area contributed by atoms with Crippen LogP contribution >= 0.6 is 31.9 Å². The van der Waals surface area contributed by atoms with Crippen molar-refractivity contribution in [1.82, 2.24) is 0 Å². The highest BCUT2D eigenvalue weighted by Crippen LogP contribution is 2.56. The second-order valence-electron chi connectivity index (χ2n) is 12.7. The maximum atomic E-state index is 3.72. The van der Waals surface area contributed by atoms with Gasteiger partial charge in [-0.1, -0.05) is 175 Å². The maximum absolute atomic E-state index is 3.72. The lowest BCUT2D eigenvalue weighted by Crippen LogP contribution is -2.02. The molecule has 0 amide bonds. The molecule has 7 aromatic carbocycles. The molecule has 0 radical (unpaired) electrons. The quantitative estimate of drug-likeness (QED) is 0.159. The normalized spacial score (nSPS) is 11.1. The molecule has 0 fully saturated rings. The van der Waals surface area contributed by atoms with Gasteiger partial charge in [0, 0.05) is 8.95 Å². The van der Waals surface area contributed by atoms with E-state index in [0.29, 0.717) is 0 Å². The molecule has 0 aromatic heterocycles. The molecule has 0 aliphatic heterocycles. The van der Waals surface area contributed by atoms with Gasteiger partial charge in [-0.25, -0.2) is 0 Å². The van der Waals surface area contributed by atoms with Crippen molar-refractivity contribution >= 4 is 31.9 Å². The minimum absolute atomic E-state index is 1.06. The zero-order chi connectivity index (χ0) is 33.4. The lowest BCUT2D eigenvalue weighted by atomic mass is 9.74. The van der Waals surface area contributed by atoms with Gasteiger partial charge < -0.3 is 0 Å². The number of rotatable bonds is 6. The van der Waals surface area contributed by atoms with E-state index in [4.69, 9.17) is 0 Å². The van der Waals surface area contributed by atoms with Crippen LogP contribution in [0.25, 0.3) is 66.8 Å². The van der Waals surface area contributed by atoms with Crippen LogP contribution in [0.15, 0.2) is 155 Å². The summed E-state index contributed by atoms with van der Waals surface area (Å²) in [5.41, 5.74) is 19.4. The number of benzene rings is 7. The van der Waals surface area contributed by atoms with Gasteiger partial charge in [0.15, 0.2) is 0 Å². The van der Waals surface area contributed by atoms with Gasteiger partial charge in [-0.15, -0.1) is 0 Å². The van der Waals surface area contributed by atoms with Crippen LogP contribution in [0.1, 0.15) is 22.3 Å². The third kappa shape index (κ3) is 6.35. The third-order valence-corrected chi connectivity index (χ3v) is 10.2. The Bertz CT molecular complexity index is 1760. The van der Waals surface area contributed by atoms with Crippen molar-refractivity contribution < 1.29 is 0 Å². The van der Waals surface area contributed by atoms with Crippen molar-refractivity contribution in [1.29, 1.82) is 0 Å². The van der Waals surface area contributed by atoms with Crippen molar-refractivity contribution in [2.24, 2.45) is 0 Å². The molecule has 7 aromatic rings. The third-order valence-electron chi connectivity index (χ3n) is 9.13. The Balaban J connectivity index is 1.81. The van der Waals surface area contributed by atoms with E-state index in [1.807, 2.05) is 0 Å². The van der Waals surface area contributed by atoms with Crippen LogP contribution < -0.4 is 0 Å². The number of hydrogen-bond donors (Lipinski definition) is 0. The number of halogens is 2. The predicted molar refractivity (Wildman–Crippen MR) is 213 cm³/mol. The van der Waals surface area contributed by atoms with Gasteiger partial charge in [-0.3, -0.25) is 0 Å². The van der Waals surface area contributed by atoms with E-state index in [2.05, 4.69) is 205 Å². The van der Waals surface area contributed by atoms with Gasteiger partial charge >= 0.3 is 0 Å². The van der Waals surface area contributed by atoms with Gasteiger partial charge in [0.2, 0.25) is 0 Å². The monoisotopic (exact) mass is 746 g/mol. The van der Waals surface area contributed by atoms with Crippen molar-refractivity contribution in [2.75, 3.05) is 0 Å². The summed E-state index contributed by atoms with van der Waals surface area (Å²) in [6, 6.07) is 53.9. The Morgan fingerprint density at radius 3 is 0.542 bits per heavy atom. The Morgan fingerprint density at radius 1 is 0.229 bits per heavy atom. The number of hydrogen-bond acceptors (Lipinski definition) is 0. The van der Waals surface area contributed by atoms with Crippen LogP contribution in [0, 0.1) is 27.7 Å². The summed E-state index contributed by atoms with van der Waals surface area (Å²) in [7, 11) is 0. The first-order chi connectivity index (χ1) is 23.3. The lowest BCUT2D eigenvalue weighted by Gasteiger charge is -2.29. The average Bonchev–Trinajstić information content (AvgIpc) is 3.10. The van der Waals surface area contributed by atoms with E-state index in [-0.39, 0.29) is 0 Å². The Hall–Kier alpha value is -4.50. The minimum atomic E-state index is 1.06. The first-order valence-electron chi connectivity index (χ1n) is 16.3. The SMILES string of the molecule is Cc1ccc(-c2c(-c3ccc(C)cc3)c(-c3ccc(Br)cc3)c(-c3ccc(C)cc3)c(-c3ccc(C)cc3)c2-c2ccc(Br)cc2)cc1. The summed E-state index contributed by atoms with van der Waals surface area (Å²) in [6.45, 7) is 8.63. The molecule has 7 rings (SSSR count). The van der Waals surface area contributed by atoms with Crippen molar-refractivity contribution in [3.05, 3.63) is 177 Å². The second-order valence-corrected chi connectivity index (χ2v) is 14.6. The van der Waals surface area contributed by atoms with Crippen LogP contribution in [0.4, 0.5) is 0 Å². The molecule has 0 aliphatic rings. The molecule has 0 atom stereocenters. The standard InChI is InChI=1S/C46H36Br2/c1-29-5-13-33(14-6-29)41-42(34-15-7-30(2)8-16-34)46(38-23-27-40(48)28-24-38)44(36-19-11-32(4)12-20-36)43(35-17-9-31(3)10-18-35)45(41)37-21-25-39(47)26-22-37/h5-28H,1-4H3. The molecule has 0 saturated carbocycles. The van der Waals surface area contributed by atoms with Gasteiger partial charge in [-0.05, 0) is 119 Å². The van der Waals surface area contributed by atoms with Gasteiger partial charge in [0.05, 0.1) is 0 Å². The van der Waals surface area contributed by atoms with Crippen molar-refractivity contribution in [2.45, 2.75) is 27.7 Å². The zero-order valence-electron chi connectivity index (χ0n) is 27.6. The molecule has 0 N–H and O–H groups in total. The van der Waals surface area contributed by atoms with E-state index in [1.165, 1.54) is 89.0 Å². The minimum Gasteiger partial charge on any atom is -0.0587 e. The molecular weight excluding hydrogens is 712 g/mol. The molecular formula is C46H36Br2. The summed E-state index contributed by atoms with van der Waals surface area (Å²) in [4.78, 5) is 0. The van der Waals surface area contributed by atoms with Crippen LogP contribution in [0.5, 0.6) is 0 Å². The maximum Gasteiger partial charge on any atom is 0.0175 e. The molecule has 48 heavy (non-hydrogen) atoms. The molecule has 0 saturated heterocycles. The fourth-order valence-corrected chi connectivity index (χ4v) is 7.12. The summed E-state index contributed by atoms with van der Waals surface area (Å²) in [5, 5.41) is 0. The van der Waals surface area contributed by atoms with Gasteiger partial charge in [-0.2, -0.15) is 0 Å². The van der Waals surface area contributed by atoms with E-state index in [0.717, 1.165) is 8.95 Å².